The fourth-order valence-corrected chi connectivity index (χ4v) is 4.84. The molecule has 1 heterocycles. The fraction of sp³-hybridized carbons (Fsp3) is 0.516. The minimum Gasteiger partial charge on any atom is -0.493 e. The van der Waals surface area contributed by atoms with E-state index in [2.05, 4.69) is 5.32 Å². The Morgan fingerprint density at radius 2 is 1.74 bits per heavy atom. The van der Waals surface area contributed by atoms with Crippen molar-refractivity contribution in [2.24, 2.45) is 5.41 Å². The lowest BCUT2D eigenvalue weighted by atomic mass is 9.88. The van der Waals surface area contributed by atoms with Gasteiger partial charge in [-0.1, -0.05) is 43.3 Å². The standard InChI is InChI=1S/C31H42N2O6/c1-6-28(34)32-21-31(2,3)30(36)33-19-11-10-14-24(33)29(35)39-25(23-12-8-7-9-13-23)17-15-22-16-18-26(37-4)27(20-22)38-5/h7-9,12-13,16,18,20,24-25H,6,10-11,14-15,17,19,21H2,1-5H3,(H,32,34)/t24-,25+/m0/s1. The van der Waals surface area contributed by atoms with E-state index < -0.39 is 23.5 Å². The van der Waals surface area contributed by atoms with Crippen LogP contribution in [0.15, 0.2) is 48.5 Å². The van der Waals surface area contributed by atoms with E-state index in [1.54, 1.807) is 39.9 Å². The van der Waals surface area contributed by atoms with Gasteiger partial charge in [0, 0.05) is 19.5 Å². The number of hydrogen-bond acceptors (Lipinski definition) is 6. The number of ether oxygens (including phenoxy) is 3. The summed E-state index contributed by atoms with van der Waals surface area (Å²) in [5, 5.41) is 2.82. The molecule has 0 unspecified atom stereocenters. The van der Waals surface area contributed by atoms with Crippen molar-refractivity contribution in [3.05, 3.63) is 59.7 Å². The van der Waals surface area contributed by atoms with Gasteiger partial charge in [0.15, 0.2) is 11.5 Å². The van der Waals surface area contributed by atoms with Crippen LogP contribution in [0, 0.1) is 5.41 Å². The summed E-state index contributed by atoms with van der Waals surface area (Å²) in [6, 6.07) is 14.8. The van der Waals surface area contributed by atoms with Gasteiger partial charge in [-0.2, -0.15) is 0 Å². The first kappa shape index (κ1) is 30.0. The van der Waals surface area contributed by atoms with Crippen molar-refractivity contribution in [3.63, 3.8) is 0 Å². The zero-order chi connectivity index (χ0) is 28.4. The van der Waals surface area contributed by atoms with Crippen molar-refractivity contribution in [2.75, 3.05) is 27.3 Å². The van der Waals surface area contributed by atoms with Crippen LogP contribution in [-0.2, 0) is 25.5 Å². The molecule has 1 aliphatic rings. The van der Waals surface area contributed by atoms with E-state index in [9.17, 15) is 14.4 Å². The molecule has 1 N–H and O–H groups in total. The molecule has 0 aromatic heterocycles. The third-order valence-corrected chi connectivity index (χ3v) is 7.24. The quantitative estimate of drug-likeness (QED) is 0.388. The lowest BCUT2D eigenvalue weighted by molar-refractivity contribution is -0.164. The van der Waals surface area contributed by atoms with E-state index >= 15 is 0 Å². The first-order valence-corrected chi connectivity index (χ1v) is 13.7. The maximum atomic E-state index is 13.6. The molecule has 0 aliphatic carbocycles. The zero-order valence-corrected chi connectivity index (χ0v) is 23.8. The molecule has 1 saturated heterocycles. The minimum absolute atomic E-state index is 0.106. The Balaban J connectivity index is 1.76. The van der Waals surface area contributed by atoms with Gasteiger partial charge in [0.1, 0.15) is 12.1 Å². The third-order valence-electron chi connectivity index (χ3n) is 7.24. The SMILES string of the molecule is CCC(=O)NCC(C)(C)C(=O)N1CCCC[C@H]1C(=O)O[C@H](CCc1ccc(OC)c(OC)c1)c1ccccc1. The van der Waals surface area contributed by atoms with E-state index in [4.69, 9.17) is 14.2 Å². The number of carbonyl (C=O) groups is 3. The number of carbonyl (C=O) groups excluding carboxylic acids is 3. The maximum absolute atomic E-state index is 13.6. The molecule has 0 spiro atoms. The van der Waals surface area contributed by atoms with Crippen LogP contribution in [0.25, 0.3) is 0 Å². The van der Waals surface area contributed by atoms with Crippen molar-refractivity contribution in [3.8, 4) is 11.5 Å². The summed E-state index contributed by atoms with van der Waals surface area (Å²) >= 11 is 0. The maximum Gasteiger partial charge on any atom is 0.329 e. The van der Waals surface area contributed by atoms with E-state index in [0.717, 1.165) is 24.0 Å². The molecule has 2 amide bonds. The number of nitrogens with zero attached hydrogens (tertiary/aromatic N) is 1. The molecule has 0 bridgehead atoms. The highest BCUT2D eigenvalue weighted by molar-refractivity contribution is 5.88. The second-order valence-corrected chi connectivity index (χ2v) is 10.6. The highest BCUT2D eigenvalue weighted by atomic mass is 16.5. The summed E-state index contributed by atoms with van der Waals surface area (Å²) in [6.45, 7) is 6.09. The molecular weight excluding hydrogens is 496 g/mol. The first-order chi connectivity index (χ1) is 18.7. The van der Waals surface area contributed by atoms with Crippen LogP contribution in [0.2, 0.25) is 0 Å². The average Bonchev–Trinajstić information content (AvgIpc) is 2.97. The molecule has 212 valence electrons. The van der Waals surface area contributed by atoms with Gasteiger partial charge in [-0.25, -0.2) is 4.79 Å². The van der Waals surface area contributed by atoms with Crippen molar-refractivity contribution in [1.82, 2.24) is 10.2 Å². The van der Waals surface area contributed by atoms with Gasteiger partial charge in [-0.15, -0.1) is 0 Å². The van der Waals surface area contributed by atoms with Crippen LogP contribution in [0.3, 0.4) is 0 Å². The largest absolute Gasteiger partial charge is 0.493 e. The Bertz CT molecular complexity index is 1120. The number of benzene rings is 2. The molecule has 8 heteroatoms. The molecule has 0 saturated carbocycles. The molecule has 1 fully saturated rings. The molecule has 2 aromatic rings. The second kappa shape index (κ2) is 14.0. The molecule has 3 rings (SSSR count). The van der Waals surface area contributed by atoms with Crippen LogP contribution in [-0.4, -0.2) is 56.0 Å². The molecule has 39 heavy (non-hydrogen) atoms. The number of nitrogens with one attached hydrogen (secondary N) is 1. The van der Waals surface area contributed by atoms with Gasteiger partial charge in [0.2, 0.25) is 11.8 Å². The topological polar surface area (TPSA) is 94.2 Å². The first-order valence-electron chi connectivity index (χ1n) is 13.7. The van der Waals surface area contributed by atoms with E-state index in [1.807, 2.05) is 48.5 Å². The molecule has 0 radical (unpaired) electrons. The normalized spacial score (nSPS) is 16.2. The van der Waals surface area contributed by atoms with E-state index in [-0.39, 0.29) is 18.4 Å². The zero-order valence-electron chi connectivity index (χ0n) is 23.8. The third kappa shape index (κ3) is 7.97. The predicted molar refractivity (Wildman–Crippen MR) is 150 cm³/mol. The fourth-order valence-electron chi connectivity index (χ4n) is 4.84. The lowest BCUT2D eigenvalue weighted by Crippen LogP contribution is -2.55. The summed E-state index contributed by atoms with van der Waals surface area (Å²) in [6.07, 6.45) is 3.34. The second-order valence-electron chi connectivity index (χ2n) is 10.6. The van der Waals surface area contributed by atoms with Crippen molar-refractivity contribution < 1.29 is 28.6 Å². The molecule has 1 aliphatic heterocycles. The van der Waals surface area contributed by atoms with Gasteiger partial charge in [0.25, 0.3) is 0 Å². The summed E-state index contributed by atoms with van der Waals surface area (Å²) in [4.78, 5) is 40.6. The summed E-state index contributed by atoms with van der Waals surface area (Å²) in [7, 11) is 3.20. The molecule has 2 aromatic carbocycles. The van der Waals surface area contributed by atoms with E-state index in [1.165, 1.54) is 0 Å². The van der Waals surface area contributed by atoms with E-state index in [0.29, 0.717) is 43.7 Å². The van der Waals surface area contributed by atoms with Crippen LogP contribution in [0.5, 0.6) is 11.5 Å². The van der Waals surface area contributed by atoms with Crippen LogP contribution >= 0.6 is 0 Å². The number of likely N-dealkylation sites (tertiary alicyclic amines) is 1. The van der Waals surface area contributed by atoms with Crippen molar-refractivity contribution in [2.45, 2.75) is 71.4 Å². The highest BCUT2D eigenvalue weighted by Crippen LogP contribution is 2.32. The van der Waals surface area contributed by atoms with Gasteiger partial charge < -0.3 is 24.4 Å². The van der Waals surface area contributed by atoms with Crippen LogP contribution in [0.1, 0.15) is 70.1 Å². The van der Waals surface area contributed by atoms with Crippen molar-refractivity contribution in [1.29, 1.82) is 0 Å². The Morgan fingerprint density at radius 3 is 2.41 bits per heavy atom. The van der Waals surface area contributed by atoms with Crippen molar-refractivity contribution >= 4 is 17.8 Å². The Labute approximate surface area is 232 Å². The number of rotatable bonds is 12. The Kier molecular flexibility index (Phi) is 10.8. The number of esters is 1. The van der Waals surface area contributed by atoms with Gasteiger partial charge >= 0.3 is 5.97 Å². The number of piperidine rings is 1. The summed E-state index contributed by atoms with van der Waals surface area (Å²) < 4.78 is 16.9. The molecule has 8 nitrogen and oxygen atoms in total. The van der Waals surface area contributed by atoms with Gasteiger partial charge in [-0.3, -0.25) is 9.59 Å². The summed E-state index contributed by atoms with van der Waals surface area (Å²) in [5.41, 5.74) is 1.10. The smallest absolute Gasteiger partial charge is 0.329 e. The van der Waals surface area contributed by atoms with Crippen LogP contribution < -0.4 is 14.8 Å². The van der Waals surface area contributed by atoms with Gasteiger partial charge in [-0.05, 0) is 69.2 Å². The Morgan fingerprint density at radius 1 is 1.03 bits per heavy atom. The monoisotopic (exact) mass is 538 g/mol. The molecule has 2 atom stereocenters. The number of methoxy groups -OCH3 is 2. The summed E-state index contributed by atoms with van der Waals surface area (Å²) in [5.74, 6) is 0.661. The molecular formula is C31H42N2O6. The number of amides is 2. The minimum atomic E-state index is -0.840. The average molecular weight is 539 g/mol. The number of hydrogen-bond donors (Lipinski definition) is 1. The highest BCUT2D eigenvalue weighted by Gasteiger charge is 2.40. The van der Waals surface area contributed by atoms with Gasteiger partial charge in [0.05, 0.1) is 19.6 Å². The predicted octanol–water partition coefficient (Wildman–Crippen LogP) is 4.85. The lowest BCUT2D eigenvalue weighted by Gasteiger charge is -2.39. The number of aryl methyl sites for hydroxylation is 1. The Hall–Kier alpha value is -3.55. The van der Waals surface area contributed by atoms with Crippen LogP contribution in [0.4, 0.5) is 0 Å².